The Hall–Kier alpha value is -2.41. The van der Waals surface area contributed by atoms with Crippen LogP contribution in [0, 0.1) is 16.5 Å². The Kier molecular flexibility index (Phi) is 2.30. The molecule has 0 unspecified atom stereocenters. The molecule has 0 radical (unpaired) electrons. The molecule has 0 atom stereocenters. The highest BCUT2D eigenvalue weighted by Crippen LogP contribution is 2.13. The number of nitrogens with zero attached hydrogens (tertiary/aromatic N) is 3. The molecule has 0 aliphatic rings. The van der Waals surface area contributed by atoms with E-state index in [2.05, 4.69) is 4.98 Å². The molecule has 4 nitrogen and oxygen atoms in total. The van der Waals surface area contributed by atoms with Crippen LogP contribution >= 0.6 is 0 Å². The maximum Gasteiger partial charge on any atom is 0.295 e. The smallest absolute Gasteiger partial charge is 0.295 e. The zero-order chi connectivity index (χ0) is 10.7. The largest absolute Gasteiger partial charge is 0.617 e. The van der Waals surface area contributed by atoms with E-state index in [-0.39, 0.29) is 5.69 Å². The SMILES string of the molecule is N#Cc1cccc(-c2cccnc2)[n+]1[O-]. The Balaban J connectivity index is 2.61. The lowest BCUT2D eigenvalue weighted by Gasteiger charge is -2.04. The molecule has 0 spiro atoms. The second kappa shape index (κ2) is 3.76. The predicted molar refractivity (Wildman–Crippen MR) is 53.3 cm³/mol. The van der Waals surface area contributed by atoms with Crippen molar-refractivity contribution in [2.24, 2.45) is 0 Å². The molecule has 0 saturated carbocycles. The van der Waals surface area contributed by atoms with Crippen molar-refractivity contribution in [2.45, 2.75) is 0 Å². The topological polar surface area (TPSA) is 63.6 Å². The van der Waals surface area contributed by atoms with Gasteiger partial charge in [-0.15, -0.1) is 0 Å². The van der Waals surface area contributed by atoms with Crippen LogP contribution in [-0.4, -0.2) is 4.98 Å². The van der Waals surface area contributed by atoms with Crippen molar-refractivity contribution in [3.05, 3.63) is 53.6 Å². The van der Waals surface area contributed by atoms with Crippen LogP contribution in [0.2, 0.25) is 0 Å². The van der Waals surface area contributed by atoms with E-state index in [0.29, 0.717) is 16.0 Å². The molecule has 0 aliphatic carbocycles. The van der Waals surface area contributed by atoms with Gasteiger partial charge < -0.3 is 5.21 Å². The van der Waals surface area contributed by atoms with Crippen LogP contribution < -0.4 is 4.73 Å². The first-order chi connectivity index (χ1) is 7.33. The van der Waals surface area contributed by atoms with E-state index in [4.69, 9.17) is 5.26 Å². The number of rotatable bonds is 1. The van der Waals surface area contributed by atoms with Crippen molar-refractivity contribution < 1.29 is 4.73 Å². The van der Waals surface area contributed by atoms with Crippen LogP contribution in [0.25, 0.3) is 11.3 Å². The number of hydrogen-bond donors (Lipinski definition) is 0. The summed E-state index contributed by atoms with van der Waals surface area (Å²) in [4.78, 5) is 3.92. The van der Waals surface area contributed by atoms with Crippen molar-refractivity contribution in [3.8, 4) is 17.3 Å². The van der Waals surface area contributed by atoms with Gasteiger partial charge in [-0.3, -0.25) is 4.98 Å². The Morgan fingerprint density at radius 3 is 2.80 bits per heavy atom. The molecule has 2 aromatic rings. The minimum absolute atomic E-state index is 0.0800. The fourth-order valence-corrected chi connectivity index (χ4v) is 1.31. The van der Waals surface area contributed by atoms with Crippen LogP contribution in [0.15, 0.2) is 42.7 Å². The lowest BCUT2D eigenvalue weighted by atomic mass is 10.2. The fourth-order valence-electron chi connectivity index (χ4n) is 1.31. The van der Waals surface area contributed by atoms with Crippen molar-refractivity contribution in [2.75, 3.05) is 0 Å². The molecule has 0 aromatic carbocycles. The molecule has 0 fully saturated rings. The van der Waals surface area contributed by atoms with Gasteiger partial charge >= 0.3 is 0 Å². The lowest BCUT2D eigenvalue weighted by molar-refractivity contribution is -0.596. The molecule has 2 heterocycles. The van der Waals surface area contributed by atoms with Gasteiger partial charge in [-0.25, -0.2) is 0 Å². The number of aromatic nitrogens is 2. The standard InChI is InChI=1S/C11H7N3O/c12-7-10-4-1-5-11(14(10)15)9-3-2-6-13-8-9/h1-6,8H. The summed E-state index contributed by atoms with van der Waals surface area (Å²) in [6.45, 7) is 0. The highest BCUT2D eigenvalue weighted by Gasteiger charge is 2.11. The monoisotopic (exact) mass is 197 g/mol. The summed E-state index contributed by atoms with van der Waals surface area (Å²) >= 11 is 0. The van der Waals surface area contributed by atoms with Crippen LogP contribution in [0.3, 0.4) is 0 Å². The Labute approximate surface area is 86.6 Å². The van der Waals surface area contributed by atoms with Crippen LogP contribution in [0.1, 0.15) is 5.69 Å². The normalized spacial score (nSPS) is 9.53. The first-order valence-electron chi connectivity index (χ1n) is 4.36. The molecular weight excluding hydrogens is 190 g/mol. The molecule has 0 amide bonds. The summed E-state index contributed by atoms with van der Waals surface area (Å²) in [6, 6.07) is 10.2. The number of pyridine rings is 2. The third-order valence-electron chi connectivity index (χ3n) is 2.02. The molecule has 4 heteroatoms. The van der Waals surface area contributed by atoms with E-state index >= 15 is 0 Å². The molecular formula is C11H7N3O. The Bertz CT molecular complexity index is 517. The van der Waals surface area contributed by atoms with Gasteiger partial charge in [-0.2, -0.15) is 9.99 Å². The third-order valence-corrected chi connectivity index (χ3v) is 2.02. The maximum absolute atomic E-state index is 11.7. The highest BCUT2D eigenvalue weighted by atomic mass is 16.5. The van der Waals surface area contributed by atoms with E-state index in [1.165, 1.54) is 6.07 Å². The molecule has 0 aliphatic heterocycles. The molecule has 0 bridgehead atoms. The van der Waals surface area contributed by atoms with Gasteiger partial charge in [-0.1, -0.05) is 0 Å². The summed E-state index contributed by atoms with van der Waals surface area (Å²) in [6.07, 6.45) is 3.22. The summed E-state index contributed by atoms with van der Waals surface area (Å²) < 4.78 is 0.608. The summed E-state index contributed by atoms with van der Waals surface area (Å²) in [5, 5.41) is 20.4. The summed E-state index contributed by atoms with van der Waals surface area (Å²) in [5.41, 5.74) is 1.21. The maximum atomic E-state index is 11.7. The summed E-state index contributed by atoms with van der Waals surface area (Å²) in [5.74, 6) is 0. The Morgan fingerprint density at radius 2 is 2.13 bits per heavy atom. The molecule has 0 saturated heterocycles. The highest BCUT2D eigenvalue weighted by molar-refractivity contribution is 5.54. The van der Waals surface area contributed by atoms with Gasteiger partial charge in [0.15, 0.2) is 6.07 Å². The minimum Gasteiger partial charge on any atom is -0.617 e. The zero-order valence-electron chi connectivity index (χ0n) is 7.79. The van der Waals surface area contributed by atoms with Gasteiger partial charge in [0.2, 0.25) is 5.69 Å². The fraction of sp³-hybridized carbons (Fsp3) is 0. The number of nitriles is 1. The van der Waals surface area contributed by atoms with E-state index < -0.39 is 0 Å². The van der Waals surface area contributed by atoms with E-state index in [1.807, 2.05) is 6.07 Å². The second-order valence-electron chi connectivity index (χ2n) is 2.94. The van der Waals surface area contributed by atoms with Crippen molar-refractivity contribution >= 4 is 0 Å². The van der Waals surface area contributed by atoms with Crippen LogP contribution in [0.5, 0.6) is 0 Å². The molecule has 2 aromatic heterocycles. The molecule has 15 heavy (non-hydrogen) atoms. The number of hydrogen-bond acceptors (Lipinski definition) is 3. The molecule has 72 valence electrons. The van der Waals surface area contributed by atoms with Crippen LogP contribution in [0.4, 0.5) is 0 Å². The van der Waals surface area contributed by atoms with Gasteiger partial charge in [0.05, 0.1) is 5.56 Å². The molecule has 2 rings (SSSR count). The molecule has 0 N–H and O–H groups in total. The van der Waals surface area contributed by atoms with Gasteiger partial charge in [-0.05, 0) is 18.2 Å². The first kappa shape index (κ1) is 9.16. The average molecular weight is 197 g/mol. The third kappa shape index (κ3) is 1.63. The van der Waals surface area contributed by atoms with Crippen molar-refractivity contribution in [1.29, 1.82) is 5.26 Å². The van der Waals surface area contributed by atoms with Crippen LogP contribution in [-0.2, 0) is 0 Å². The Morgan fingerprint density at radius 1 is 1.27 bits per heavy atom. The van der Waals surface area contributed by atoms with Gasteiger partial charge in [0.25, 0.3) is 5.69 Å². The minimum atomic E-state index is 0.0800. The van der Waals surface area contributed by atoms with Crippen molar-refractivity contribution in [3.63, 3.8) is 0 Å². The predicted octanol–water partition coefficient (Wildman–Crippen LogP) is 1.25. The summed E-state index contributed by atoms with van der Waals surface area (Å²) in [7, 11) is 0. The van der Waals surface area contributed by atoms with E-state index in [1.54, 1.807) is 36.7 Å². The van der Waals surface area contributed by atoms with E-state index in [9.17, 15) is 5.21 Å². The quantitative estimate of drug-likeness (QED) is 0.510. The van der Waals surface area contributed by atoms with Crippen molar-refractivity contribution in [1.82, 2.24) is 4.98 Å². The average Bonchev–Trinajstić information content (AvgIpc) is 2.30. The lowest BCUT2D eigenvalue weighted by Crippen LogP contribution is -2.32. The second-order valence-corrected chi connectivity index (χ2v) is 2.94. The van der Waals surface area contributed by atoms with Gasteiger partial charge in [0.1, 0.15) is 0 Å². The van der Waals surface area contributed by atoms with E-state index in [0.717, 1.165) is 0 Å². The first-order valence-corrected chi connectivity index (χ1v) is 4.36. The van der Waals surface area contributed by atoms with Gasteiger partial charge in [0, 0.05) is 24.5 Å². The zero-order valence-corrected chi connectivity index (χ0v) is 7.79.